The average Bonchev–Trinajstić information content (AvgIpc) is 3.36. The first-order chi connectivity index (χ1) is 15.5. The van der Waals surface area contributed by atoms with E-state index in [4.69, 9.17) is 16.0 Å². The number of furan rings is 1. The molecule has 3 heterocycles. The molecule has 10 heteroatoms. The van der Waals surface area contributed by atoms with Crippen LogP contribution in [0.3, 0.4) is 0 Å². The van der Waals surface area contributed by atoms with Gasteiger partial charge in [-0.2, -0.15) is 0 Å². The summed E-state index contributed by atoms with van der Waals surface area (Å²) in [6.45, 7) is 3.99. The number of amides is 1. The molecule has 1 aliphatic heterocycles. The van der Waals surface area contributed by atoms with E-state index in [2.05, 4.69) is 16.6 Å². The van der Waals surface area contributed by atoms with E-state index < -0.39 is 4.92 Å². The van der Waals surface area contributed by atoms with Gasteiger partial charge in [-0.1, -0.05) is 17.7 Å². The second kappa shape index (κ2) is 9.21. The predicted molar refractivity (Wildman–Crippen MR) is 125 cm³/mol. The van der Waals surface area contributed by atoms with Crippen LogP contribution >= 0.6 is 23.4 Å². The molecule has 0 aliphatic carbocycles. The molecule has 160 valence electrons. The zero-order valence-corrected chi connectivity index (χ0v) is 18.0. The van der Waals surface area contributed by atoms with Gasteiger partial charge in [-0.15, -0.1) is 6.58 Å². The van der Waals surface area contributed by atoms with Crippen molar-refractivity contribution < 1.29 is 14.1 Å². The van der Waals surface area contributed by atoms with Crippen molar-refractivity contribution in [2.24, 2.45) is 4.99 Å². The zero-order valence-electron chi connectivity index (χ0n) is 16.5. The highest BCUT2D eigenvalue weighted by Gasteiger charge is 2.33. The summed E-state index contributed by atoms with van der Waals surface area (Å²) in [6.07, 6.45) is 4.80. The number of amidine groups is 1. The SMILES string of the molecule is C=CCN1C(=O)/C(=C\c2ccc(-c3ccc([N+](=O)[O-])cc3)o2)SC1=Nc1cccnc1Cl. The lowest BCUT2D eigenvalue weighted by Gasteiger charge is -2.12. The maximum Gasteiger partial charge on any atom is 0.269 e. The summed E-state index contributed by atoms with van der Waals surface area (Å²) in [5.74, 6) is 0.761. The number of aromatic nitrogens is 1. The van der Waals surface area contributed by atoms with Gasteiger partial charge in [-0.05, 0) is 48.2 Å². The van der Waals surface area contributed by atoms with E-state index in [1.807, 2.05) is 0 Å². The summed E-state index contributed by atoms with van der Waals surface area (Å²) in [6, 6.07) is 12.9. The first-order valence-electron chi connectivity index (χ1n) is 9.32. The summed E-state index contributed by atoms with van der Waals surface area (Å²) >= 11 is 7.29. The van der Waals surface area contributed by atoms with Crippen LogP contribution in [-0.4, -0.2) is 32.4 Å². The van der Waals surface area contributed by atoms with Gasteiger partial charge in [0, 0.05) is 36.5 Å². The van der Waals surface area contributed by atoms with Gasteiger partial charge < -0.3 is 4.42 Å². The Kier molecular flexibility index (Phi) is 6.20. The molecular formula is C22H15ClN4O4S. The number of pyridine rings is 1. The van der Waals surface area contributed by atoms with Crippen molar-refractivity contribution in [1.29, 1.82) is 0 Å². The van der Waals surface area contributed by atoms with Crippen LogP contribution in [0.5, 0.6) is 0 Å². The quantitative estimate of drug-likeness (QED) is 0.152. The molecule has 1 aliphatic rings. The molecule has 2 aromatic heterocycles. The Morgan fingerprint density at radius 1 is 1.25 bits per heavy atom. The molecular weight excluding hydrogens is 452 g/mol. The largest absolute Gasteiger partial charge is 0.457 e. The second-order valence-corrected chi connectivity index (χ2v) is 7.90. The van der Waals surface area contributed by atoms with E-state index in [1.54, 1.807) is 54.7 Å². The van der Waals surface area contributed by atoms with Crippen LogP contribution in [0.2, 0.25) is 5.15 Å². The third-order valence-electron chi connectivity index (χ3n) is 4.42. The van der Waals surface area contributed by atoms with Crippen LogP contribution in [0.1, 0.15) is 5.76 Å². The second-order valence-electron chi connectivity index (χ2n) is 6.53. The highest BCUT2D eigenvalue weighted by Crippen LogP contribution is 2.36. The highest BCUT2D eigenvalue weighted by molar-refractivity contribution is 8.18. The van der Waals surface area contributed by atoms with Crippen LogP contribution in [0.25, 0.3) is 17.4 Å². The Morgan fingerprint density at radius 2 is 2.03 bits per heavy atom. The summed E-state index contributed by atoms with van der Waals surface area (Å²) in [5, 5.41) is 11.5. The summed E-state index contributed by atoms with van der Waals surface area (Å²) in [5.41, 5.74) is 1.14. The van der Waals surface area contributed by atoms with Crippen molar-refractivity contribution in [2.75, 3.05) is 6.54 Å². The van der Waals surface area contributed by atoms with Crippen LogP contribution in [-0.2, 0) is 4.79 Å². The van der Waals surface area contributed by atoms with Crippen molar-refractivity contribution in [1.82, 2.24) is 9.88 Å². The number of nitrogens with zero attached hydrogens (tertiary/aromatic N) is 4. The molecule has 0 unspecified atom stereocenters. The van der Waals surface area contributed by atoms with Gasteiger partial charge in [0.2, 0.25) is 0 Å². The number of hydrogen-bond acceptors (Lipinski definition) is 7. The summed E-state index contributed by atoms with van der Waals surface area (Å²) < 4.78 is 5.83. The van der Waals surface area contributed by atoms with Crippen molar-refractivity contribution in [3.8, 4) is 11.3 Å². The number of carbonyl (C=O) groups excluding carboxylic acids is 1. The standard InChI is InChI=1S/C22H15ClN4O4S/c1-2-12-26-21(28)19(32-22(26)25-17-4-3-11-24-20(17)23)13-16-9-10-18(31-16)14-5-7-15(8-6-14)27(29)30/h2-11,13H,1,12H2/b19-13+,25-22?. The highest BCUT2D eigenvalue weighted by atomic mass is 35.5. The van der Waals surface area contributed by atoms with Gasteiger partial charge in [-0.3, -0.25) is 19.8 Å². The number of nitro benzene ring substituents is 1. The Morgan fingerprint density at radius 3 is 2.72 bits per heavy atom. The number of benzene rings is 1. The smallest absolute Gasteiger partial charge is 0.269 e. The number of halogens is 1. The first kappa shape index (κ1) is 21.5. The van der Waals surface area contributed by atoms with Gasteiger partial charge in [0.05, 0.1) is 9.83 Å². The molecule has 1 saturated heterocycles. The number of nitro groups is 1. The molecule has 4 rings (SSSR count). The minimum atomic E-state index is -0.461. The zero-order chi connectivity index (χ0) is 22.7. The Hall–Kier alpha value is -3.69. The minimum absolute atomic E-state index is 0.00144. The van der Waals surface area contributed by atoms with Gasteiger partial charge in [0.1, 0.15) is 17.2 Å². The number of non-ortho nitro benzene ring substituents is 1. The van der Waals surface area contributed by atoms with Gasteiger partial charge in [0.15, 0.2) is 10.3 Å². The molecule has 1 aromatic carbocycles. The lowest BCUT2D eigenvalue weighted by Crippen LogP contribution is -2.29. The molecule has 3 aromatic rings. The van der Waals surface area contributed by atoms with Gasteiger partial charge in [-0.25, -0.2) is 9.98 Å². The Balaban J connectivity index is 1.61. The number of thioether (sulfide) groups is 1. The van der Waals surface area contributed by atoms with Crippen molar-refractivity contribution in [2.45, 2.75) is 0 Å². The molecule has 1 amide bonds. The number of carbonyl (C=O) groups is 1. The molecule has 1 fully saturated rings. The van der Waals surface area contributed by atoms with E-state index in [0.717, 1.165) is 0 Å². The number of aliphatic imine (C=N–C) groups is 1. The van der Waals surface area contributed by atoms with Gasteiger partial charge >= 0.3 is 0 Å². The normalized spacial score (nSPS) is 16.2. The Labute approximate surface area is 192 Å². The molecule has 0 saturated carbocycles. The maximum absolute atomic E-state index is 12.9. The fraction of sp³-hybridized carbons (Fsp3) is 0.0455. The van der Waals surface area contributed by atoms with Crippen LogP contribution < -0.4 is 0 Å². The third kappa shape index (κ3) is 4.48. The van der Waals surface area contributed by atoms with E-state index >= 15 is 0 Å². The van der Waals surface area contributed by atoms with Gasteiger partial charge in [0.25, 0.3) is 11.6 Å². The van der Waals surface area contributed by atoms with E-state index in [0.29, 0.717) is 32.8 Å². The Bertz CT molecular complexity index is 1270. The summed E-state index contributed by atoms with van der Waals surface area (Å²) in [7, 11) is 0. The molecule has 0 bridgehead atoms. The number of hydrogen-bond donors (Lipinski definition) is 0. The lowest BCUT2D eigenvalue weighted by molar-refractivity contribution is -0.384. The van der Waals surface area contributed by atoms with E-state index in [1.165, 1.54) is 28.8 Å². The molecule has 0 spiro atoms. The van der Waals surface area contributed by atoms with Crippen molar-refractivity contribution in [3.63, 3.8) is 0 Å². The van der Waals surface area contributed by atoms with E-state index in [-0.39, 0.29) is 23.3 Å². The first-order valence-corrected chi connectivity index (χ1v) is 10.5. The summed E-state index contributed by atoms with van der Waals surface area (Å²) in [4.78, 5) is 33.7. The fourth-order valence-corrected chi connectivity index (χ4v) is 4.05. The minimum Gasteiger partial charge on any atom is -0.457 e. The third-order valence-corrected chi connectivity index (χ3v) is 5.72. The van der Waals surface area contributed by atoms with Crippen molar-refractivity contribution >= 4 is 51.9 Å². The maximum atomic E-state index is 12.9. The van der Waals surface area contributed by atoms with E-state index in [9.17, 15) is 14.9 Å². The fourth-order valence-electron chi connectivity index (χ4n) is 2.91. The molecule has 0 radical (unpaired) electrons. The monoisotopic (exact) mass is 466 g/mol. The predicted octanol–water partition coefficient (Wildman–Crippen LogP) is 5.69. The number of rotatable bonds is 6. The van der Waals surface area contributed by atoms with Crippen molar-refractivity contribution in [3.05, 3.63) is 93.3 Å². The van der Waals surface area contributed by atoms with Crippen LogP contribution in [0, 0.1) is 10.1 Å². The van der Waals surface area contributed by atoms with Crippen LogP contribution in [0.4, 0.5) is 11.4 Å². The molecule has 8 nitrogen and oxygen atoms in total. The lowest BCUT2D eigenvalue weighted by atomic mass is 10.1. The average molecular weight is 467 g/mol. The molecule has 32 heavy (non-hydrogen) atoms. The molecule has 0 atom stereocenters. The topological polar surface area (TPSA) is 102 Å². The van der Waals surface area contributed by atoms with Crippen LogP contribution in [0.15, 0.2) is 81.7 Å². The molecule has 0 N–H and O–H groups in total.